The van der Waals surface area contributed by atoms with Gasteiger partial charge in [0.05, 0.1) is 0 Å². The highest BCUT2D eigenvalue weighted by molar-refractivity contribution is 5.14. The van der Waals surface area contributed by atoms with Crippen molar-refractivity contribution in [1.29, 1.82) is 0 Å². The second-order valence-corrected chi connectivity index (χ2v) is 4.27. The van der Waals surface area contributed by atoms with Crippen molar-refractivity contribution >= 4 is 0 Å². The molecule has 2 rings (SSSR count). The zero-order valence-corrected chi connectivity index (χ0v) is 9.41. The summed E-state index contributed by atoms with van der Waals surface area (Å²) in [5.41, 5.74) is 2.56. The topological polar surface area (TPSA) is 22.1 Å². The molecule has 0 spiro atoms. The lowest BCUT2D eigenvalue weighted by Gasteiger charge is -2.21. The molecule has 0 bridgehead atoms. The first-order valence-corrected chi connectivity index (χ1v) is 5.90. The summed E-state index contributed by atoms with van der Waals surface area (Å²) in [5.74, 6) is 0.777. The van der Waals surface area contributed by atoms with Gasteiger partial charge >= 0.3 is 0 Å². The van der Waals surface area contributed by atoms with Gasteiger partial charge in [-0.3, -0.25) is 4.98 Å². The Morgan fingerprint density at radius 3 is 2.73 bits per heavy atom. The van der Waals surface area contributed by atoms with Crippen LogP contribution in [-0.4, -0.2) is 18.2 Å². The van der Waals surface area contributed by atoms with Crippen LogP contribution in [-0.2, 0) is 17.6 Å². The molecule has 15 heavy (non-hydrogen) atoms. The maximum absolute atomic E-state index is 5.35. The fraction of sp³-hybridized carbons (Fsp3) is 0.615. The van der Waals surface area contributed by atoms with Gasteiger partial charge < -0.3 is 4.74 Å². The summed E-state index contributed by atoms with van der Waals surface area (Å²) in [5, 5.41) is 0. The Labute approximate surface area is 91.7 Å². The average molecular weight is 205 g/mol. The SMILES string of the molecule is CCc1ccc(CC2CCOCC2)nc1. The van der Waals surface area contributed by atoms with Crippen LogP contribution in [0.3, 0.4) is 0 Å². The first kappa shape index (κ1) is 10.6. The van der Waals surface area contributed by atoms with E-state index in [9.17, 15) is 0 Å². The Balaban J connectivity index is 1.91. The number of nitrogens with zero attached hydrogens (tertiary/aromatic N) is 1. The maximum atomic E-state index is 5.35. The third-order valence-electron chi connectivity index (χ3n) is 3.13. The summed E-state index contributed by atoms with van der Waals surface area (Å²) in [6, 6.07) is 4.37. The van der Waals surface area contributed by atoms with E-state index in [1.54, 1.807) is 0 Å². The molecule has 1 fully saturated rings. The van der Waals surface area contributed by atoms with Crippen molar-refractivity contribution in [2.75, 3.05) is 13.2 Å². The van der Waals surface area contributed by atoms with Crippen LogP contribution in [0.1, 0.15) is 31.0 Å². The number of aromatic nitrogens is 1. The number of aryl methyl sites for hydroxylation is 1. The first-order chi connectivity index (χ1) is 7.38. The first-order valence-electron chi connectivity index (χ1n) is 5.90. The van der Waals surface area contributed by atoms with E-state index in [4.69, 9.17) is 4.74 Å². The highest BCUT2D eigenvalue weighted by Crippen LogP contribution is 2.19. The molecule has 1 aliphatic rings. The van der Waals surface area contributed by atoms with Gasteiger partial charge in [-0.25, -0.2) is 0 Å². The monoisotopic (exact) mass is 205 g/mol. The zero-order chi connectivity index (χ0) is 10.5. The van der Waals surface area contributed by atoms with E-state index in [1.165, 1.54) is 24.1 Å². The molecule has 0 aliphatic carbocycles. The Hall–Kier alpha value is -0.890. The van der Waals surface area contributed by atoms with Crippen LogP contribution in [0.15, 0.2) is 18.3 Å². The molecule has 0 amide bonds. The maximum Gasteiger partial charge on any atom is 0.0468 e. The molecule has 1 aliphatic heterocycles. The molecule has 0 N–H and O–H groups in total. The van der Waals surface area contributed by atoms with Gasteiger partial charge in [0.1, 0.15) is 0 Å². The van der Waals surface area contributed by atoms with Crippen molar-refractivity contribution in [3.8, 4) is 0 Å². The third-order valence-corrected chi connectivity index (χ3v) is 3.13. The van der Waals surface area contributed by atoms with E-state index in [0.29, 0.717) is 0 Å². The summed E-state index contributed by atoms with van der Waals surface area (Å²) < 4.78 is 5.35. The van der Waals surface area contributed by atoms with Gasteiger partial charge in [0.15, 0.2) is 0 Å². The van der Waals surface area contributed by atoms with Crippen LogP contribution in [0.25, 0.3) is 0 Å². The Morgan fingerprint density at radius 2 is 2.13 bits per heavy atom. The van der Waals surface area contributed by atoms with E-state index in [0.717, 1.165) is 32.0 Å². The third kappa shape index (κ3) is 3.03. The minimum atomic E-state index is 0.777. The van der Waals surface area contributed by atoms with Crippen LogP contribution >= 0.6 is 0 Å². The average Bonchev–Trinajstić information content (AvgIpc) is 2.31. The lowest BCUT2D eigenvalue weighted by Crippen LogP contribution is -2.17. The van der Waals surface area contributed by atoms with Crippen LogP contribution in [0.4, 0.5) is 0 Å². The van der Waals surface area contributed by atoms with Crippen molar-refractivity contribution < 1.29 is 4.74 Å². The molecule has 2 heterocycles. The number of ether oxygens (including phenoxy) is 1. The predicted octanol–water partition coefficient (Wildman–Crippen LogP) is 2.61. The quantitative estimate of drug-likeness (QED) is 0.756. The summed E-state index contributed by atoms with van der Waals surface area (Å²) in [6.45, 7) is 4.02. The Morgan fingerprint density at radius 1 is 1.33 bits per heavy atom. The number of pyridine rings is 1. The van der Waals surface area contributed by atoms with Crippen molar-refractivity contribution in [2.24, 2.45) is 5.92 Å². The predicted molar refractivity (Wildman–Crippen MR) is 60.9 cm³/mol. The highest BCUT2D eigenvalue weighted by atomic mass is 16.5. The molecule has 0 saturated carbocycles. The molecule has 0 aromatic carbocycles. The molecule has 0 radical (unpaired) electrons. The second kappa shape index (κ2) is 5.26. The normalized spacial score (nSPS) is 17.9. The largest absolute Gasteiger partial charge is 0.381 e. The summed E-state index contributed by atoms with van der Waals surface area (Å²) in [6.07, 6.45) is 6.58. The molecule has 2 nitrogen and oxygen atoms in total. The number of hydrogen-bond donors (Lipinski definition) is 0. The van der Waals surface area contributed by atoms with Crippen LogP contribution in [0.2, 0.25) is 0 Å². The van der Waals surface area contributed by atoms with Gasteiger partial charge in [0, 0.05) is 25.1 Å². The molecule has 0 atom stereocenters. The molecule has 2 heteroatoms. The second-order valence-electron chi connectivity index (χ2n) is 4.27. The van der Waals surface area contributed by atoms with Gasteiger partial charge in [0.25, 0.3) is 0 Å². The fourth-order valence-electron chi connectivity index (χ4n) is 2.03. The Kier molecular flexibility index (Phi) is 3.73. The van der Waals surface area contributed by atoms with Gasteiger partial charge in [-0.15, -0.1) is 0 Å². The van der Waals surface area contributed by atoms with Crippen molar-refractivity contribution in [3.05, 3.63) is 29.6 Å². The molecule has 1 aromatic heterocycles. The van der Waals surface area contributed by atoms with Gasteiger partial charge in [-0.1, -0.05) is 13.0 Å². The standard InChI is InChI=1S/C13H19NO/c1-2-11-3-4-13(14-10-11)9-12-5-7-15-8-6-12/h3-4,10,12H,2,5-9H2,1H3. The summed E-state index contributed by atoms with van der Waals surface area (Å²) >= 11 is 0. The molecule has 1 aromatic rings. The minimum Gasteiger partial charge on any atom is -0.381 e. The lowest BCUT2D eigenvalue weighted by molar-refractivity contribution is 0.0663. The van der Waals surface area contributed by atoms with E-state index >= 15 is 0 Å². The minimum absolute atomic E-state index is 0.777. The zero-order valence-electron chi connectivity index (χ0n) is 9.41. The van der Waals surface area contributed by atoms with E-state index in [1.807, 2.05) is 6.20 Å². The Bertz CT molecular complexity index is 288. The number of hydrogen-bond acceptors (Lipinski definition) is 2. The molecular formula is C13H19NO. The summed E-state index contributed by atoms with van der Waals surface area (Å²) in [7, 11) is 0. The smallest absolute Gasteiger partial charge is 0.0468 e. The van der Waals surface area contributed by atoms with Gasteiger partial charge in [-0.2, -0.15) is 0 Å². The van der Waals surface area contributed by atoms with E-state index in [2.05, 4.69) is 24.0 Å². The van der Waals surface area contributed by atoms with Crippen LogP contribution < -0.4 is 0 Å². The summed E-state index contributed by atoms with van der Waals surface area (Å²) in [4.78, 5) is 4.50. The van der Waals surface area contributed by atoms with Crippen molar-refractivity contribution in [2.45, 2.75) is 32.6 Å². The van der Waals surface area contributed by atoms with Crippen LogP contribution in [0, 0.1) is 5.92 Å². The van der Waals surface area contributed by atoms with Crippen molar-refractivity contribution in [1.82, 2.24) is 4.98 Å². The van der Waals surface area contributed by atoms with E-state index < -0.39 is 0 Å². The molecule has 0 unspecified atom stereocenters. The van der Waals surface area contributed by atoms with Gasteiger partial charge in [0.2, 0.25) is 0 Å². The highest BCUT2D eigenvalue weighted by Gasteiger charge is 2.14. The van der Waals surface area contributed by atoms with Crippen LogP contribution in [0.5, 0.6) is 0 Å². The van der Waals surface area contributed by atoms with Gasteiger partial charge in [-0.05, 0) is 43.2 Å². The lowest BCUT2D eigenvalue weighted by atomic mass is 9.94. The van der Waals surface area contributed by atoms with E-state index in [-0.39, 0.29) is 0 Å². The molecule has 82 valence electrons. The number of rotatable bonds is 3. The fourth-order valence-corrected chi connectivity index (χ4v) is 2.03. The molecule has 1 saturated heterocycles. The molecular weight excluding hydrogens is 186 g/mol. The van der Waals surface area contributed by atoms with Crippen molar-refractivity contribution in [3.63, 3.8) is 0 Å².